The minimum Gasteiger partial charge on any atom is -0.380 e. The average Bonchev–Trinajstić information content (AvgIpc) is 2.64. The zero-order valence-corrected chi connectivity index (χ0v) is 16.1. The van der Waals surface area contributed by atoms with Crippen LogP contribution in [0.15, 0.2) is 44.9 Å². The number of hydrogen-bond donors (Lipinski definition) is 0. The molecule has 6 nitrogen and oxygen atoms in total. The number of pyridine rings is 1. The van der Waals surface area contributed by atoms with Gasteiger partial charge in [-0.2, -0.15) is 0 Å². The summed E-state index contributed by atoms with van der Waals surface area (Å²) < 4.78 is 7.82. The Balaban J connectivity index is 2.20. The Kier molecular flexibility index (Phi) is 5.29. The van der Waals surface area contributed by atoms with Crippen molar-refractivity contribution in [3.63, 3.8) is 0 Å². The van der Waals surface area contributed by atoms with Crippen LogP contribution in [0.4, 0.5) is 0 Å². The van der Waals surface area contributed by atoms with Gasteiger partial charge in [0.1, 0.15) is 5.65 Å². The Labute approximate surface area is 155 Å². The fraction of sp³-hybridized carbons (Fsp3) is 0.316. The van der Waals surface area contributed by atoms with E-state index in [0.717, 1.165) is 15.0 Å². The number of ether oxygens (including phenoxy) is 1. The van der Waals surface area contributed by atoms with E-state index in [2.05, 4.69) is 24.0 Å². The Morgan fingerprint density at radius 2 is 1.85 bits per heavy atom. The van der Waals surface area contributed by atoms with Gasteiger partial charge in [0, 0.05) is 43.6 Å². The molecular weight excluding hydrogens is 350 g/mol. The van der Waals surface area contributed by atoms with Crippen molar-refractivity contribution in [3.8, 4) is 0 Å². The molecule has 0 N–H and O–H groups in total. The highest BCUT2D eigenvalue weighted by molar-refractivity contribution is 7.98. The number of aryl methyl sites for hydroxylation is 2. The summed E-state index contributed by atoms with van der Waals surface area (Å²) in [5, 5.41) is 0.461. The Hall–Kier alpha value is -2.38. The number of nitrogens with zero attached hydrogens (tertiary/aromatic N) is 3. The summed E-state index contributed by atoms with van der Waals surface area (Å²) in [4.78, 5) is 30.2. The molecule has 0 saturated carbocycles. The van der Waals surface area contributed by atoms with Crippen molar-refractivity contribution in [3.05, 3.63) is 68.0 Å². The van der Waals surface area contributed by atoms with Gasteiger partial charge in [0.25, 0.3) is 5.56 Å². The number of rotatable bonds is 5. The fourth-order valence-electron chi connectivity index (χ4n) is 2.89. The molecule has 3 rings (SSSR count). The molecule has 0 fully saturated rings. The van der Waals surface area contributed by atoms with Crippen molar-refractivity contribution in [2.75, 3.05) is 7.11 Å². The lowest BCUT2D eigenvalue weighted by Gasteiger charge is -2.14. The van der Waals surface area contributed by atoms with Gasteiger partial charge in [0.05, 0.1) is 12.0 Å². The third-order valence-electron chi connectivity index (χ3n) is 4.43. The Morgan fingerprint density at radius 3 is 2.54 bits per heavy atom. The number of aromatic nitrogens is 3. The molecular formula is C19H21N3O3S. The number of hydrogen-bond acceptors (Lipinski definition) is 5. The maximum absolute atomic E-state index is 12.8. The smallest absolute Gasteiger partial charge is 0.332 e. The summed E-state index contributed by atoms with van der Waals surface area (Å²) in [5.41, 5.74) is 2.92. The second-order valence-electron chi connectivity index (χ2n) is 6.17. The van der Waals surface area contributed by atoms with Gasteiger partial charge in [-0.15, -0.1) is 11.8 Å². The van der Waals surface area contributed by atoms with Gasteiger partial charge in [0.15, 0.2) is 0 Å². The first-order valence-corrected chi connectivity index (χ1v) is 9.18. The quantitative estimate of drug-likeness (QED) is 0.644. The first-order valence-electron chi connectivity index (χ1n) is 8.19. The zero-order valence-electron chi connectivity index (χ0n) is 15.3. The number of thioether (sulfide) groups is 1. The molecule has 0 radical (unpaired) electrons. The molecule has 26 heavy (non-hydrogen) atoms. The molecule has 1 aromatic carbocycles. The van der Waals surface area contributed by atoms with Crippen LogP contribution < -0.4 is 11.2 Å². The molecule has 0 amide bonds. The zero-order chi connectivity index (χ0) is 18.8. The van der Waals surface area contributed by atoms with Crippen LogP contribution in [0.25, 0.3) is 11.0 Å². The predicted octanol–water partition coefficient (Wildman–Crippen LogP) is 2.38. The van der Waals surface area contributed by atoms with E-state index in [1.807, 2.05) is 12.1 Å². The fourth-order valence-corrected chi connectivity index (χ4v) is 4.13. The first-order chi connectivity index (χ1) is 12.5. The van der Waals surface area contributed by atoms with Crippen molar-refractivity contribution < 1.29 is 4.74 Å². The highest BCUT2D eigenvalue weighted by atomic mass is 32.2. The molecule has 0 atom stereocenters. The van der Waals surface area contributed by atoms with E-state index in [-0.39, 0.29) is 11.2 Å². The van der Waals surface area contributed by atoms with E-state index >= 15 is 0 Å². The second kappa shape index (κ2) is 7.47. The second-order valence-corrected chi connectivity index (χ2v) is 7.15. The maximum Gasteiger partial charge on any atom is 0.332 e. The molecule has 0 aliphatic heterocycles. The summed E-state index contributed by atoms with van der Waals surface area (Å²) in [6, 6.07) is 8.16. The van der Waals surface area contributed by atoms with Gasteiger partial charge in [-0.1, -0.05) is 24.3 Å². The number of fused-ring (bicyclic) bond motifs is 1. The van der Waals surface area contributed by atoms with Crippen LogP contribution in [0.5, 0.6) is 0 Å². The van der Waals surface area contributed by atoms with E-state index in [4.69, 9.17) is 4.74 Å². The third kappa shape index (κ3) is 3.20. The van der Waals surface area contributed by atoms with Crippen molar-refractivity contribution in [2.24, 2.45) is 14.1 Å². The SMILES string of the molecule is COCc1cnc2c(c1SCc1ccccc1C)c(=O)n(C)c(=O)n2C. The van der Waals surface area contributed by atoms with Gasteiger partial charge in [0.2, 0.25) is 0 Å². The lowest BCUT2D eigenvalue weighted by atomic mass is 10.1. The summed E-state index contributed by atoms with van der Waals surface area (Å²) in [6.07, 6.45) is 1.69. The van der Waals surface area contributed by atoms with Crippen molar-refractivity contribution in [1.82, 2.24) is 14.1 Å². The van der Waals surface area contributed by atoms with E-state index in [9.17, 15) is 9.59 Å². The number of benzene rings is 1. The number of methoxy groups -OCH3 is 1. The minimum absolute atomic E-state index is 0.333. The van der Waals surface area contributed by atoms with Crippen molar-refractivity contribution in [1.29, 1.82) is 0 Å². The van der Waals surface area contributed by atoms with Gasteiger partial charge in [-0.05, 0) is 18.1 Å². The standard InChI is InChI=1S/C19H21N3O3S/c1-12-7-5-6-8-13(12)11-26-16-14(10-25-4)9-20-17-15(16)18(23)22(3)19(24)21(17)2/h5-9H,10-11H2,1-4H3. The Bertz CT molecular complexity index is 1090. The summed E-state index contributed by atoms with van der Waals surface area (Å²) in [5.74, 6) is 0.717. The molecule has 0 spiro atoms. The molecule has 2 heterocycles. The van der Waals surface area contributed by atoms with Crippen LogP contribution in [0, 0.1) is 6.92 Å². The topological polar surface area (TPSA) is 66.1 Å². The summed E-state index contributed by atoms with van der Waals surface area (Å²) in [7, 11) is 4.73. The van der Waals surface area contributed by atoms with Crippen molar-refractivity contribution in [2.45, 2.75) is 24.2 Å². The monoisotopic (exact) mass is 371 g/mol. The molecule has 0 aliphatic rings. The third-order valence-corrected chi connectivity index (χ3v) is 5.64. The van der Waals surface area contributed by atoms with Gasteiger partial charge in [-0.3, -0.25) is 13.9 Å². The molecule has 2 aromatic heterocycles. The maximum atomic E-state index is 12.8. The van der Waals surface area contributed by atoms with Crippen LogP contribution in [-0.2, 0) is 31.2 Å². The van der Waals surface area contributed by atoms with E-state index in [1.54, 1.807) is 32.1 Å². The molecule has 3 aromatic rings. The minimum atomic E-state index is -0.385. The lowest BCUT2D eigenvalue weighted by molar-refractivity contribution is 0.183. The predicted molar refractivity (Wildman–Crippen MR) is 104 cm³/mol. The molecule has 0 bridgehead atoms. The normalized spacial score (nSPS) is 11.2. The average molecular weight is 371 g/mol. The van der Waals surface area contributed by atoms with Gasteiger partial charge in [-0.25, -0.2) is 9.78 Å². The molecule has 7 heteroatoms. The molecule has 0 saturated heterocycles. The van der Waals surface area contributed by atoms with Gasteiger partial charge < -0.3 is 4.74 Å². The van der Waals surface area contributed by atoms with E-state index < -0.39 is 0 Å². The van der Waals surface area contributed by atoms with Gasteiger partial charge >= 0.3 is 5.69 Å². The van der Waals surface area contributed by atoms with Crippen LogP contribution in [-0.4, -0.2) is 21.2 Å². The van der Waals surface area contributed by atoms with Crippen LogP contribution in [0.3, 0.4) is 0 Å². The lowest BCUT2D eigenvalue weighted by Crippen LogP contribution is -2.37. The van der Waals surface area contributed by atoms with Crippen molar-refractivity contribution >= 4 is 22.8 Å². The highest BCUT2D eigenvalue weighted by Gasteiger charge is 2.18. The molecule has 0 aliphatic carbocycles. The van der Waals surface area contributed by atoms with E-state index in [0.29, 0.717) is 23.4 Å². The van der Waals surface area contributed by atoms with Crippen LogP contribution >= 0.6 is 11.8 Å². The molecule has 136 valence electrons. The van der Waals surface area contributed by atoms with Crippen LogP contribution in [0.1, 0.15) is 16.7 Å². The first kappa shape index (κ1) is 18.4. The molecule has 0 unspecified atom stereocenters. The van der Waals surface area contributed by atoms with E-state index in [1.165, 1.54) is 22.7 Å². The van der Waals surface area contributed by atoms with Crippen LogP contribution in [0.2, 0.25) is 0 Å². The summed E-state index contributed by atoms with van der Waals surface area (Å²) in [6.45, 7) is 2.42. The summed E-state index contributed by atoms with van der Waals surface area (Å²) >= 11 is 1.57. The highest BCUT2D eigenvalue weighted by Crippen LogP contribution is 2.31. The largest absolute Gasteiger partial charge is 0.380 e. The Morgan fingerprint density at radius 1 is 1.12 bits per heavy atom.